The highest BCUT2D eigenvalue weighted by Crippen LogP contribution is 2.13. The van der Waals surface area contributed by atoms with Crippen molar-refractivity contribution in [2.24, 2.45) is 10.9 Å². The third kappa shape index (κ3) is 12.0. The molecule has 0 radical (unpaired) electrons. The number of ether oxygens (including phenoxy) is 4. The second kappa shape index (κ2) is 14.4. The van der Waals surface area contributed by atoms with Crippen LogP contribution in [0.3, 0.4) is 0 Å². The molecule has 7 heteroatoms. The van der Waals surface area contributed by atoms with Crippen molar-refractivity contribution in [1.29, 1.82) is 0 Å². The maximum absolute atomic E-state index is 5.78. The van der Waals surface area contributed by atoms with Gasteiger partial charge in [0.1, 0.15) is 13.2 Å². The minimum absolute atomic E-state index is 0.241. The van der Waals surface area contributed by atoms with Gasteiger partial charge in [-0.2, -0.15) is 0 Å². The van der Waals surface area contributed by atoms with Gasteiger partial charge in [-0.3, -0.25) is 0 Å². The van der Waals surface area contributed by atoms with Crippen LogP contribution in [0.15, 0.2) is 5.16 Å². The first-order valence-corrected chi connectivity index (χ1v) is 8.00. The molecule has 1 rings (SSSR count). The van der Waals surface area contributed by atoms with Crippen LogP contribution in [-0.2, 0) is 23.8 Å². The van der Waals surface area contributed by atoms with Gasteiger partial charge in [0.05, 0.1) is 52.0 Å². The summed E-state index contributed by atoms with van der Waals surface area (Å²) in [5.41, 5.74) is 6.83. The van der Waals surface area contributed by atoms with E-state index in [1.165, 1.54) is 0 Å². The Labute approximate surface area is 138 Å². The van der Waals surface area contributed by atoms with Crippen molar-refractivity contribution in [3.8, 4) is 12.3 Å². The molecular formula is C16H28N2O5. The lowest BCUT2D eigenvalue weighted by molar-refractivity contribution is -0.00876. The molecule has 1 aliphatic carbocycles. The highest BCUT2D eigenvalue weighted by Gasteiger charge is 2.16. The van der Waals surface area contributed by atoms with Crippen LogP contribution in [0.4, 0.5) is 0 Å². The van der Waals surface area contributed by atoms with Crippen molar-refractivity contribution in [2.45, 2.75) is 25.3 Å². The molecule has 0 spiro atoms. The van der Waals surface area contributed by atoms with Gasteiger partial charge >= 0.3 is 0 Å². The molecule has 23 heavy (non-hydrogen) atoms. The fourth-order valence-corrected chi connectivity index (χ4v) is 1.97. The van der Waals surface area contributed by atoms with Gasteiger partial charge in [-0.1, -0.05) is 11.1 Å². The van der Waals surface area contributed by atoms with Crippen LogP contribution in [0.1, 0.15) is 19.3 Å². The van der Waals surface area contributed by atoms with Gasteiger partial charge in [0.15, 0.2) is 0 Å². The average Bonchev–Trinajstić information content (AvgIpc) is 2.96. The van der Waals surface area contributed by atoms with E-state index in [-0.39, 0.29) is 6.04 Å². The van der Waals surface area contributed by atoms with Crippen molar-refractivity contribution in [1.82, 2.24) is 0 Å². The summed E-state index contributed by atoms with van der Waals surface area (Å²) in [7, 11) is 0. The molecule has 0 aliphatic heterocycles. The molecule has 0 saturated heterocycles. The maximum atomic E-state index is 5.78. The number of hydrogen-bond acceptors (Lipinski definition) is 7. The first-order chi connectivity index (χ1) is 11.3. The van der Waals surface area contributed by atoms with Crippen LogP contribution < -0.4 is 5.73 Å². The van der Waals surface area contributed by atoms with Crippen molar-refractivity contribution >= 4 is 5.71 Å². The number of terminal acetylenes is 1. The average molecular weight is 328 g/mol. The summed E-state index contributed by atoms with van der Waals surface area (Å²) in [6, 6.07) is 0.241. The van der Waals surface area contributed by atoms with Crippen LogP contribution >= 0.6 is 0 Å². The minimum atomic E-state index is 0.241. The first kappa shape index (κ1) is 19.9. The molecular weight excluding hydrogens is 300 g/mol. The quantitative estimate of drug-likeness (QED) is 0.285. The minimum Gasteiger partial charge on any atom is -0.393 e. The van der Waals surface area contributed by atoms with E-state index < -0.39 is 0 Å². The Morgan fingerprint density at radius 2 is 1.52 bits per heavy atom. The smallest absolute Gasteiger partial charge is 0.140 e. The summed E-state index contributed by atoms with van der Waals surface area (Å²) < 4.78 is 21.1. The topological polar surface area (TPSA) is 84.5 Å². The third-order valence-electron chi connectivity index (χ3n) is 3.12. The monoisotopic (exact) mass is 328 g/mol. The SMILES string of the molecule is C#CCOCCOCCOCCOCCO/N=C1\CC[C@@H](N)C1. The van der Waals surface area contributed by atoms with Crippen molar-refractivity contribution < 1.29 is 23.8 Å². The Morgan fingerprint density at radius 1 is 0.957 bits per heavy atom. The normalized spacial score (nSPS) is 19.1. The molecule has 1 atom stereocenters. The van der Waals surface area contributed by atoms with Gasteiger partial charge in [-0.05, 0) is 12.8 Å². The number of hydrogen-bond donors (Lipinski definition) is 1. The summed E-state index contributed by atoms with van der Waals surface area (Å²) in [5, 5.41) is 4.06. The highest BCUT2D eigenvalue weighted by molar-refractivity contribution is 5.86. The van der Waals surface area contributed by atoms with Gasteiger partial charge in [0, 0.05) is 12.5 Å². The lowest BCUT2D eigenvalue weighted by Crippen LogP contribution is -2.15. The molecule has 1 saturated carbocycles. The van der Waals surface area contributed by atoms with E-state index in [0.29, 0.717) is 59.5 Å². The summed E-state index contributed by atoms with van der Waals surface area (Å²) in [5.74, 6) is 2.39. The zero-order valence-electron chi connectivity index (χ0n) is 13.7. The summed E-state index contributed by atoms with van der Waals surface area (Å²) in [4.78, 5) is 5.19. The number of oxime groups is 1. The van der Waals surface area contributed by atoms with Crippen molar-refractivity contribution in [3.05, 3.63) is 0 Å². The maximum Gasteiger partial charge on any atom is 0.140 e. The number of nitrogens with zero attached hydrogens (tertiary/aromatic N) is 1. The van der Waals surface area contributed by atoms with E-state index in [4.69, 9.17) is 35.9 Å². The molecule has 1 fully saturated rings. The van der Waals surface area contributed by atoms with Crippen molar-refractivity contribution in [3.63, 3.8) is 0 Å². The Balaban J connectivity index is 1.73. The predicted molar refractivity (Wildman–Crippen MR) is 87.3 cm³/mol. The number of nitrogens with two attached hydrogens (primary N) is 1. The molecule has 2 N–H and O–H groups in total. The summed E-state index contributed by atoms with van der Waals surface area (Å²) in [6.07, 6.45) is 7.82. The predicted octanol–water partition coefficient (Wildman–Crippen LogP) is 0.570. The van der Waals surface area contributed by atoms with E-state index in [9.17, 15) is 0 Å². The molecule has 0 aromatic heterocycles. The van der Waals surface area contributed by atoms with Gasteiger partial charge < -0.3 is 29.5 Å². The zero-order chi connectivity index (χ0) is 16.6. The van der Waals surface area contributed by atoms with E-state index in [0.717, 1.165) is 25.0 Å². The van der Waals surface area contributed by atoms with Gasteiger partial charge in [-0.15, -0.1) is 6.42 Å². The number of rotatable bonds is 14. The second-order valence-corrected chi connectivity index (χ2v) is 5.09. The fraction of sp³-hybridized carbons (Fsp3) is 0.812. The highest BCUT2D eigenvalue weighted by atomic mass is 16.6. The van der Waals surface area contributed by atoms with Crippen LogP contribution in [0, 0.1) is 12.3 Å². The van der Waals surface area contributed by atoms with Crippen LogP contribution in [-0.4, -0.2) is 71.2 Å². The Hall–Kier alpha value is -1.17. The van der Waals surface area contributed by atoms with Gasteiger partial charge in [-0.25, -0.2) is 0 Å². The van der Waals surface area contributed by atoms with Crippen LogP contribution in [0.5, 0.6) is 0 Å². The molecule has 0 aromatic carbocycles. The molecule has 132 valence electrons. The molecule has 0 bridgehead atoms. The first-order valence-electron chi connectivity index (χ1n) is 8.00. The third-order valence-corrected chi connectivity index (χ3v) is 3.12. The van der Waals surface area contributed by atoms with E-state index >= 15 is 0 Å². The van der Waals surface area contributed by atoms with Gasteiger partial charge in [0.25, 0.3) is 0 Å². The molecule has 0 heterocycles. The summed E-state index contributed by atoms with van der Waals surface area (Å²) >= 11 is 0. The van der Waals surface area contributed by atoms with Crippen LogP contribution in [0.25, 0.3) is 0 Å². The molecule has 1 aliphatic rings. The standard InChI is InChI=1S/C16H28N2O5/c1-2-5-19-6-7-20-8-9-21-10-11-22-12-13-23-18-16-4-3-15(17)14-16/h1,15H,3-14,17H2/b18-16+/t15-/m1/s1. The van der Waals surface area contributed by atoms with E-state index in [1.807, 2.05) is 0 Å². The molecule has 0 aromatic rings. The molecule has 7 nitrogen and oxygen atoms in total. The molecule has 0 unspecified atom stereocenters. The fourth-order valence-electron chi connectivity index (χ4n) is 1.97. The van der Waals surface area contributed by atoms with Crippen LogP contribution in [0.2, 0.25) is 0 Å². The second-order valence-electron chi connectivity index (χ2n) is 5.09. The van der Waals surface area contributed by atoms with Crippen molar-refractivity contribution in [2.75, 3.05) is 59.5 Å². The molecule has 0 amide bonds. The zero-order valence-corrected chi connectivity index (χ0v) is 13.7. The summed E-state index contributed by atoms with van der Waals surface area (Å²) in [6.45, 7) is 4.40. The Bertz CT molecular complexity index is 357. The Kier molecular flexibility index (Phi) is 12.5. The van der Waals surface area contributed by atoms with E-state index in [1.54, 1.807) is 0 Å². The lowest BCUT2D eigenvalue weighted by atomic mass is 10.3. The van der Waals surface area contributed by atoms with E-state index in [2.05, 4.69) is 11.1 Å². The Morgan fingerprint density at radius 3 is 2.04 bits per heavy atom. The lowest BCUT2D eigenvalue weighted by Gasteiger charge is -2.06. The largest absolute Gasteiger partial charge is 0.393 e. The van der Waals surface area contributed by atoms with Gasteiger partial charge in [0.2, 0.25) is 0 Å².